The minimum absolute atomic E-state index is 0.0101. The zero-order valence-corrected chi connectivity index (χ0v) is 18.0. The number of hydrogen-bond acceptors (Lipinski definition) is 3. The van der Waals surface area contributed by atoms with Crippen molar-refractivity contribution in [3.8, 4) is 0 Å². The molecule has 0 aliphatic carbocycles. The highest BCUT2D eigenvalue weighted by Gasteiger charge is 2.33. The summed E-state index contributed by atoms with van der Waals surface area (Å²) in [7, 11) is 0. The lowest BCUT2D eigenvalue weighted by atomic mass is 9.91. The smallest absolute Gasteiger partial charge is 0.253 e. The minimum Gasteiger partial charge on any atom is -0.342 e. The van der Waals surface area contributed by atoms with Gasteiger partial charge in [-0.2, -0.15) is 0 Å². The van der Waals surface area contributed by atoms with Crippen LogP contribution in [0.4, 0.5) is 10.1 Å². The summed E-state index contributed by atoms with van der Waals surface area (Å²) in [6.07, 6.45) is 2.57. The summed E-state index contributed by atoms with van der Waals surface area (Å²) in [4.78, 5) is 41.7. The standard InChI is InChI=1S/C25H28FN3O3/c26-21-8-6-19(7-9-21)24(31)29-16-12-20(13-17-29)25(32)28-14-10-18(11-15-28)23(30)27-22-4-2-1-3-5-22/h1-9,18,20H,10-17H2,(H,27,30). The van der Waals surface area contributed by atoms with Gasteiger partial charge in [-0.05, 0) is 62.1 Å². The second-order valence-corrected chi connectivity index (χ2v) is 8.53. The minimum atomic E-state index is -0.368. The van der Waals surface area contributed by atoms with E-state index in [-0.39, 0.29) is 35.4 Å². The monoisotopic (exact) mass is 437 g/mol. The summed E-state index contributed by atoms with van der Waals surface area (Å²) in [6, 6.07) is 15.0. The summed E-state index contributed by atoms with van der Waals surface area (Å²) < 4.78 is 13.1. The zero-order chi connectivity index (χ0) is 22.5. The predicted molar refractivity (Wildman–Crippen MR) is 119 cm³/mol. The van der Waals surface area contributed by atoms with E-state index in [1.165, 1.54) is 24.3 Å². The molecule has 2 fully saturated rings. The SMILES string of the molecule is O=C(Nc1ccccc1)C1CCN(C(=O)C2CCN(C(=O)c3ccc(F)cc3)CC2)CC1. The van der Waals surface area contributed by atoms with Crippen molar-refractivity contribution in [2.75, 3.05) is 31.5 Å². The number of carbonyl (C=O) groups is 3. The van der Waals surface area contributed by atoms with Gasteiger partial charge in [-0.3, -0.25) is 14.4 Å². The van der Waals surface area contributed by atoms with Crippen molar-refractivity contribution in [2.45, 2.75) is 25.7 Å². The van der Waals surface area contributed by atoms with E-state index in [0.29, 0.717) is 57.4 Å². The van der Waals surface area contributed by atoms with Crippen LogP contribution in [0.1, 0.15) is 36.0 Å². The zero-order valence-electron chi connectivity index (χ0n) is 18.0. The molecule has 168 valence electrons. The molecule has 2 aliphatic rings. The third-order valence-electron chi connectivity index (χ3n) is 6.44. The van der Waals surface area contributed by atoms with E-state index < -0.39 is 0 Å². The molecular formula is C25H28FN3O3. The first kappa shape index (κ1) is 22.0. The molecule has 0 aromatic heterocycles. The van der Waals surface area contributed by atoms with Gasteiger partial charge in [0.2, 0.25) is 11.8 Å². The van der Waals surface area contributed by atoms with Crippen molar-refractivity contribution in [2.24, 2.45) is 11.8 Å². The van der Waals surface area contributed by atoms with E-state index in [2.05, 4.69) is 5.32 Å². The lowest BCUT2D eigenvalue weighted by molar-refractivity contribution is -0.139. The average Bonchev–Trinajstić information content (AvgIpc) is 2.84. The molecule has 7 heteroatoms. The lowest BCUT2D eigenvalue weighted by Crippen LogP contribution is -2.47. The molecule has 2 heterocycles. The summed E-state index contributed by atoms with van der Waals surface area (Å²) in [5, 5.41) is 2.95. The van der Waals surface area contributed by atoms with Crippen molar-refractivity contribution >= 4 is 23.4 Å². The van der Waals surface area contributed by atoms with Crippen molar-refractivity contribution < 1.29 is 18.8 Å². The number of likely N-dealkylation sites (tertiary alicyclic amines) is 2. The number of hydrogen-bond donors (Lipinski definition) is 1. The fourth-order valence-corrected chi connectivity index (χ4v) is 4.49. The molecule has 0 atom stereocenters. The van der Waals surface area contributed by atoms with E-state index in [4.69, 9.17) is 0 Å². The Hall–Kier alpha value is -3.22. The Bertz CT molecular complexity index is 948. The Morgan fingerprint density at radius 2 is 1.31 bits per heavy atom. The number of nitrogens with one attached hydrogen (secondary N) is 1. The van der Waals surface area contributed by atoms with E-state index in [1.54, 1.807) is 4.90 Å². The Labute approximate surface area is 187 Å². The Balaban J connectivity index is 1.23. The van der Waals surface area contributed by atoms with Gasteiger partial charge in [0, 0.05) is 49.3 Å². The first-order chi connectivity index (χ1) is 15.5. The molecule has 2 saturated heterocycles. The van der Waals surface area contributed by atoms with Crippen molar-refractivity contribution in [3.05, 3.63) is 66.0 Å². The number of amides is 3. The fourth-order valence-electron chi connectivity index (χ4n) is 4.49. The number of benzene rings is 2. The van der Waals surface area contributed by atoms with Crippen LogP contribution in [0.3, 0.4) is 0 Å². The molecule has 2 aromatic carbocycles. The van der Waals surface area contributed by atoms with Gasteiger partial charge in [-0.15, -0.1) is 0 Å². The third-order valence-corrected chi connectivity index (χ3v) is 6.44. The number of piperidine rings is 2. The van der Waals surface area contributed by atoms with Crippen LogP contribution in [0.2, 0.25) is 0 Å². The van der Waals surface area contributed by atoms with Crippen molar-refractivity contribution in [1.82, 2.24) is 9.80 Å². The molecule has 0 spiro atoms. The van der Waals surface area contributed by atoms with Crippen LogP contribution >= 0.6 is 0 Å². The molecule has 0 bridgehead atoms. The first-order valence-electron chi connectivity index (χ1n) is 11.2. The van der Waals surface area contributed by atoms with E-state index in [0.717, 1.165) is 5.69 Å². The molecule has 2 aliphatic heterocycles. The van der Waals surface area contributed by atoms with Gasteiger partial charge in [-0.25, -0.2) is 4.39 Å². The molecule has 3 amide bonds. The van der Waals surface area contributed by atoms with Crippen LogP contribution in [-0.2, 0) is 9.59 Å². The number of carbonyl (C=O) groups excluding carboxylic acids is 3. The fraction of sp³-hybridized carbons (Fsp3) is 0.400. The van der Waals surface area contributed by atoms with Gasteiger partial charge >= 0.3 is 0 Å². The number of anilines is 1. The molecule has 1 N–H and O–H groups in total. The predicted octanol–water partition coefficient (Wildman–Crippen LogP) is 3.56. The van der Waals surface area contributed by atoms with Crippen molar-refractivity contribution in [3.63, 3.8) is 0 Å². The van der Waals surface area contributed by atoms with Gasteiger partial charge in [0.1, 0.15) is 5.82 Å². The first-order valence-corrected chi connectivity index (χ1v) is 11.2. The van der Waals surface area contributed by atoms with Gasteiger partial charge in [0.05, 0.1) is 0 Å². The van der Waals surface area contributed by atoms with E-state index in [9.17, 15) is 18.8 Å². The lowest BCUT2D eigenvalue weighted by Gasteiger charge is -2.37. The number of rotatable bonds is 4. The number of para-hydroxylation sites is 1. The topological polar surface area (TPSA) is 69.7 Å². The molecule has 4 rings (SSSR count). The van der Waals surface area contributed by atoms with E-state index in [1.807, 2.05) is 35.2 Å². The van der Waals surface area contributed by atoms with Crippen LogP contribution in [-0.4, -0.2) is 53.7 Å². The third kappa shape index (κ3) is 5.15. The second-order valence-electron chi connectivity index (χ2n) is 8.53. The van der Waals surface area contributed by atoms with Crippen LogP contribution < -0.4 is 5.32 Å². The Morgan fingerprint density at radius 1 is 0.750 bits per heavy atom. The second kappa shape index (κ2) is 9.94. The molecule has 0 saturated carbocycles. The summed E-state index contributed by atoms with van der Waals surface area (Å²) in [5.74, 6) is -0.540. The van der Waals surface area contributed by atoms with E-state index >= 15 is 0 Å². The van der Waals surface area contributed by atoms with Crippen LogP contribution in [0.15, 0.2) is 54.6 Å². The molecule has 6 nitrogen and oxygen atoms in total. The summed E-state index contributed by atoms with van der Waals surface area (Å²) in [5.41, 5.74) is 1.25. The molecule has 2 aromatic rings. The number of halogens is 1. The van der Waals surface area contributed by atoms with Gasteiger partial charge in [0.15, 0.2) is 0 Å². The average molecular weight is 438 g/mol. The Kier molecular flexibility index (Phi) is 6.83. The van der Waals surface area contributed by atoms with Crippen LogP contribution in [0.25, 0.3) is 0 Å². The molecular weight excluding hydrogens is 409 g/mol. The molecule has 32 heavy (non-hydrogen) atoms. The molecule has 0 unspecified atom stereocenters. The maximum absolute atomic E-state index is 13.1. The highest BCUT2D eigenvalue weighted by atomic mass is 19.1. The van der Waals surface area contributed by atoms with Crippen LogP contribution in [0.5, 0.6) is 0 Å². The Morgan fingerprint density at radius 3 is 1.94 bits per heavy atom. The van der Waals surface area contributed by atoms with Gasteiger partial charge in [0.25, 0.3) is 5.91 Å². The molecule has 0 radical (unpaired) electrons. The normalized spacial score (nSPS) is 17.8. The van der Waals surface area contributed by atoms with Gasteiger partial charge < -0.3 is 15.1 Å². The maximum atomic E-state index is 13.1. The number of nitrogens with zero attached hydrogens (tertiary/aromatic N) is 2. The van der Waals surface area contributed by atoms with Crippen LogP contribution in [0, 0.1) is 17.7 Å². The maximum Gasteiger partial charge on any atom is 0.253 e. The summed E-state index contributed by atoms with van der Waals surface area (Å²) in [6.45, 7) is 2.20. The van der Waals surface area contributed by atoms with Gasteiger partial charge in [-0.1, -0.05) is 18.2 Å². The highest BCUT2D eigenvalue weighted by molar-refractivity contribution is 5.94. The van der Waals surface area contributed by atoms with Crippen molar-refractivity contribution in [1.29, 1.82) is 0 Å². The summed E-state index contributed by atoms with van der Waals surface area (Å²) >= 11 is 0. The quantitative estimate of drug-likeness (QED) is 0.795. The largest absolute Gasteiger partial charge is 0.342 e. The highest BCUT2D eigenvalue weighted by Crippen LogP contribution is 2.25.